The van der Waals surface area contributed by atoms with Gasteiger partial charge in [-0.1, -0.05) is 12.1 Å². The summed E-state index contributed by atoms with van der Waals surface area (Å²) in [6, 6.07) is 15.2. The average Bonchev–Trinajstić information content (AvgIpc) is 3.12. The Hall–Kier alpha value is -4.05. The summed E-state index contributed by atoms with van der Waals surface area (Å²) in [7, 11) is 0. The van der Waals surface area contributed by atoms with Crippen molar-refractivity contribution in [1.29, 1.82) is 10.7 Å². The molecule has 0 saturated carbocycles. The van der Waals surface area contributed by atoms with Crippen LogP contribution in [0.1, 0.15) is 29.6 Å². The van der Waals surface area contributed by atoms with Gasteiger partial charge >= 0.3 is 0 Å². The van der Waals surface area contributed by atoms with Crippen LogP contribution in [0.5, 0.6) is 0 Å². The van der Waals surface area contributed by atoms with Crippen LogP contribution in [0.25, 0.3) is 28.0 Å². The molecule has 0 aliphatic rings. The number of nitrogens with one attached hydrogen (secondary N) is 1. The molecule has 0 fully saturated rings. The van der Waals surface area contributed by atoms with Crippen molar-refractivity contribution in [3.05, 3.63) is 71.3 Å². The molecule has 0 atom stereocenters. The van der Waals surface area contributed by atoms with E-state index in [1.165, 1.54) is 0 Å². The molecule has 0 saturated heterocycles. The summed E-state index contributed by atoms with van der Waals surface area (Å²) >= 11 is 0. The van der Waals surface area contributed by atoms with Crippen LogP contribution in [0.2, 0.25) is 0 Å². The van der Waals surface area contributed by atoms with E-state index in [0.717, 1.165) is 28.1 Å². The second-order valence-corrected chi connectivity index (χ2v) is 6.90. The lowest BCUT2D eigenvalue weighted by Crippen LogP contribution is -2.08. The van der Waals surface area contributed by atoms with E-state index in [4.69, 9.17) is 15.2 Å². The molecule has 0 amide bonds. The third kappa shape index (κ3) is 3.51. The van der Waals surface area contributed by atoms with E-state index in [-0.39, 0.29) is 5.90 Å². The van der Waals surface area contributed by atoms with Crippen molar-refractivity contribution in [3.8, 4) is 28.5 Å². The van der Waals surface area contributed by atoms with Gasteiger partial charge in [-0.05, 0) is 56.7 Å². The highest BCUT2D eigenvalue weighted by Gasteiger charge is 2.20. The van der Waals surface area contributed by atoms with Gasteiger partial charge in [0.25, 0.3) is 0 Å². The van der Waals surface area contributed by atoms with Crippen LogP contribution in [0, 0.1) is 30.6 Å². The third-order valence-electron chi connectivity index (χ3n) is 4.64. The third-order valence-corrected chi connectivity index (χ3v) is 4.64. The van der Waals surface area contributed by atoms with Crippen LogP contribution in [0.4, 0.5) is 0 Å². The van der Waals surface area contributed by atoms with Gasteiger partial charge in [-0.15, -0.1) is 0 Å². The normalized spacial score (nSPS) is 10.7. The maximum absolute atomic E-state index is 9.32. The minimum absolute atomic E-state index is 0.0160. The average molecular weight is 396 g/mol. The Bertz CT molecular complexity index is 1300. The lowest BCUT2D eigenvalue weighted by molar-refractivity contribution is 0.324. The van der Waals surface area contributed by atoms with Gasteiger partial charge in [0, 0.05) is 23.1 Å². The number of aryl methyl sites for hydroxylation is 2. The molecular formula is C23H20N6O. The first-order valence-corrected chi connectivity index (χ1v) is 9.57. The topological polar surface area (TPSA) is 99.9 Å². The monoisotopic (exact) mass is 396 g/mol. The van der Waals surface area contributed by atoms with Crippen molar-refractivity contribution in [2.24, 2.45) is 0 Å². The molecule has 0 unspecified atom stereocenters. The Morgan fingerprint density at radius 2 is 1.87 bits per heavy atom. The lowest BCUT2D eigenvalue weighted by atomic mass is 9.99. The molecule has 0 radical (unpaired) electrons. The van der Waals surface area contributed by atoms with Gasteiger partial charge in [-0.2, -0.15) is 10.4 Å². The standard InChI is InChI=1S/C23H20N6O/c1-4-30-22(25)19-8-9-29-23(27-19)20(18-10-14(2)26-15(3)11-18)21(28-29)17-7-5-6-16(12-17)13-24/h5-12,25H,4H2,1-3H3. The SMILES string of the molecule is CCOC(=N)c1ccn2nc(-c3cccc(C#N)c3)c(-c3cc(C)nc(C)c3)c2n1. The number of benzene rings is 1. The van der Waals surface area contributed by atoms with E-state index in [2.05, 4.69) is 16.0 Å². The highest BCUT2D eigenvalue weighted by Crippen LogP contribution is 2.35. The molecule has 1 N–H and O–H groups in total. The molecule has 3 heterocycles. The van der Waals surface area contributed by atoms with Crippen molar-refractivity contribution >= 4 is 11.5 Å². The molecule has 4 rings (SSSR count). The van der Waals surface area contributed by atoms with Gasteiger partial charge in [0.05, 0.1) is 23.8 Å². The molecule has 148 valence electrons. The summed E-state index contributed by atoms with van der Waals surface area (Å²) in [5.41, 5.74) is 6.67. The summed E-state index contributed by atoms with van der Waals surface area (Å²) in [6.07, 6.45) is 1.77. The summed E-state index contributed by atoms with van der Waals surface area (Å²) in [5.74, 6) is 0.0160. The van der Waals surface area contributed by atoms with Crippen LogP contribution < -0.4 is 0 Å². The van der Waals surface area contributed by atoms with Crippen molar-refractivity contribution in [2.45, 2.75) is 20.8 Å². The maximum Gasteiger partial charge on any atom is 0.232 e. The molecule has 4 aromatic rings. The van der Waals surface area contributed by atoms with E-state index in [9.17, 15) is 5.26 Å². The van der Waals surface area contributed by atoms with E-state index >= 15 is 0 Å². The van der Waals surface area contributed by atoms with Gasteiger partial charge in [-0.3, -0.25) is 10.4 Å². The minimum Gasteiger partial charge on any atom is -0.477 e. The predicted octanol–water partition coefficient (Wildman–Crippen LogP) is 4.31. The quantitative estimate of drug-likeness (QED) is 0.409. The van der Waals surface area contributed by atoms with Gasteiger partial charge in [0.2, 0.25) is 5.90 Å². The number of hydrogen-bond donors (Lipinski definition) is 1. The second-order valence-electron chi connectivity index (χ2n) is 6.90. The highest BCUT2D eigenvalue weighted by molar-refractivity contribution is 5.94. The fourth-order valence-corrected chi connectivity index (χ4v) is 3.46. The number of ether oxygens (including phenoxy) is 1. The predicted molar refractivity (Wildman–Crippen MR) is 114 cm³/mol. The van der Waals surface area contributed by atoms with Gasteiger partial charge < -0.3 is 4.74 Å². The Morgan fingerprint density at radius 1 is 1.10 bits per heavy atom. The maximum atomic E-state index is 9.32. The number of nitriles is 1. The number of fused-ring (bicyclic) bond motifs is 1. The summed E-state index contributed by atoms with van der Waals surface area (Å²) in [4.78, 5) is 9.16. The van der Waals surface area contributed by atoms with Gasteiger partial charge in [-0.25, -0.2) is 9.50 Å². The lowest BCUT2D eigenvalue weighted by Gasteiger charge is -2.07. The van der Waals surface area contributed by atoms with Gasteiger partial charge in [0.1, 0.15) is 11.4 Å². The first-order chi connectivity index (χ1) is 14.5. The molecule has 0 aliphatic carbocycles. The number of aromatic nitrogens is 4. The number of rotatable bonds is 4. The molecular weight excluding hydrogens is 376 g/mol. The van der Waals surface area contributed by atoms with Crippen molar-refractivity contribution in [3.63, 3.8) is 0 Å². The number of pyridine rings is 1. The summed E-state index contributed by atoms with van der Waals surface area (Å²) in [6.45, 7) is 6.12. The zero-order valence-corrected chi connectivity index (χ0v) is 17.0. The number of nitrogens with zero attached hydrogens (tertiary/aromatic N) is 5. The second kappa shape index (κ2) is 7.76. The van der Waals surface area contributed by atoms with Crippen LogP contribution in [0.15, 0.2) is 48.7 Å². The summed E-state index contributed by atoms with van der Waals surface area (Å²) in [5, 5.41) is 22.2. The molecule has 0 bridgehead atoms. The van der Waals surface area contributed by atoms with Crippen molar-refractivity contribution in [2.75, 3.05) is 6.61 Å². The van der Waals surface area contributed by atoms with E-state index in [1.807, 2.05) is 51.1 Å². The highest BCUT2D eigenvalue weighted by atomic mass is 16.5. The number of hydrogen-bond acceptors (Lipinski definition) is 6. The molecule has 0 spiro atoms. The van der Waals surface area contributed by atoms with Crippen LogP contribution in [-0.2, 0) is 4.74 Å². The zero-order chi connectivity index (χ0) is 21.3. The molecule has 7 nitrogen and oxygen atoms in total. The van der Waals surface area contributed by atoms with Crippen LogP contribution in [0.3, 0.4) is 0 Å². The largest absolute Gasteiger partial charge is 0.477 e. The smallest absolute Gasteiger partial charge is 0.232 e. The zero-order valence-electron chi connectivity index (χ0n) is 17.0. The molecule has 1 aromatic carbocycles. The van der Waals surface area contributed by atoms with E-state index < -0.39 is 0 Å². The Balaban J connectivity index is 2.03. The molecule has 3 aromatic heterocycles. The molecule has 7 heteroatoms. The van der Waals surface area contributed by atoms with E-state index in [1.54, 1.807) is 22.8 Å². The fourth-order valence-electron chi connectivity index (χ4n) is 3.46. The van der Waals surface area contributed by atoms with Crippen LogP contribution in [-0.4, -0.2) is 32.1 Å². The Labute approximate surface area is 174 Å². The van der Waals surface area contributed by atoms with E-state index in [0.29, 0.717) is 29.2 Å². The minimum atomic E-state index is 0.0160. The molecule has 0 aliphatic heterocycles. The van der Waals surface area contributed by atoms with Gasteiger partial charge in [0.15, 0.2) is 5.65 Å². The first-order valence-electron chi connectivity index (χ1n) is 9.57. The van der Waals surface area contributed by atoms with Crippen molar-refractivity contribution in [1.82, 2.24) is 19.6 Å². The van der Waals surface area contributed by atoms with Crippen LogP contribution >= 0.6 is 0 Å². The Kier molecular flexibility index (Phi) is 4.98. The summed E-state index contributed by atoms with van der Waals surface area (Å²) < 4.78 is 7.02. The Morgan fingerprint density at radius 3 is 2.57 bits per heavy atom. The first kappa shape index (κ1) is 19.3. The fraction of sp³-hybridized carbons (Fsp3) is 0.174. The van der Waals surface area contributed by atoms with Crippen molar-refractivity contribution < 1.29 is 4.74 Å². The molecule has 30 heavy (non-hydrogen) atoms.